The first-order valence-electron chi connectivity index (χ1n) is 8.28. The SMILES string of the molecule is Cc1nn(Cc2ccc(F)cc2)c2sc(C(=O)Nc3cccc(Cl)c3)cc12. The summed E-state index contributed by atoms with van der Waals surface area (Å²) < 4.78 is 15.0. The number of hydrogen-bond donors (Lipinski definition) is 1. The molecule has 0 aliphatic rings. The van der Waals surface area contributed by atoms with Crippen LogP contribution in [0, 0.1) is 12.7 Å². The molecule has 0 radical (unpaired) electrons. The number of hydrogen-bond acceptors (Lipinski definition) is 3. The maximum Gasteiger partial charge on any atom is 0.265 e. The average Bonchev–Trinajstić information content (AvgIpc) is 3.19. The topological polar surface area (TPSA) is 46.9 Å². The molecule has 0 fully saturated rings. The zero-order valence-corrected chi connectivity index (χ0v) is 15.9. The Morgan fingerprint density at radius 3 is 2.74 bits per heavy atom. The second-order valence-corrected chi connectivity index (χ2v) is 7.63. The van der Waals surface area contributed by atoms with Crippen molar-refractivity contribution >= 4 is 44.7 Å². The Hall–Kier alpha value is -2.70. The molecule has 0 saturated heterocycles. The van der Waals surface area contributed by atoms with E-state index in [-0.39, 0.29) is 11.7 Å². The van der Waals surface area contributed by atoms with E-state index >= 15 is 0 Å². The van der Waals surface area contributed by atoms with E-state index in [9.17, 15) is 9.18 Å². The molecule has 4 nitrogen and oxygen atoms in total. The van der Waals surface area contributed by atoms with Crippen LogP contribution in [0.3, 0.4) is 0 Å². The molecule has 0 saturated carbocycles. The van der Waals surface area contributed by atoms with Crippen molar-refractivity contribution in [3.63, 3.8) is 0 Å². The number of thiophene rings is 1. The number of nitrogens with zero attached hydrogens (tertiary/aromatic N) is 2. The summed E-state index contributed by atoms with van der Waals surface area (Å²) in [5.41, 5.74) is 2.44. The van der Waals surface area contributed by atoms with Gasteiger partial charge in [-0.05, 0) is 48.9 Å². The van der Waals surface area contributed by atoms with E-state index in [1.807, 2.05) is 17.7 Å². The van der Waals surface area contributed by atoms with E-state index in [1.54, 1.807) is 36.4 Å². The number of halogens is 2. The van der Waals surface area contributed by atoms with Gasteiger partial charge in [0.2, 0.25) is 0 Å². The zero-order chi connectivity index (χ0) is 19.0. The number of fused-ring (bicyclic) bond motifs is 1. The highest BCUT2D eigenvalue weighted by molar-refractivity contribution is 7.20. The van der Waals surface area contributed by atoms with Crippen LogP contribution < -0.4 is 5.32 Å². The highest BCUT2D eigenvalue weighted by Gasteiger charge is 2.17. The summed E-state index contributed by atoms with van der Waals surface area (Å²) in [5.74, 6) is -0.456. The van der Waals surface area contributed by atoms with Gasteiger partial charge in [0.05, 0.1) is 17.1 Å². The van der Waals surface area contributed by atoms with Crippen molar-refractivity contribution in [1.82, 2.24) is 9.78 Å². The number of anilines is 1. The summed E-state index contributed by atoms with van der Waals surface area (Å²) in [7, 11) is 0. The van der Waals surface area contributed by atoms with Gasteiger partial charge >= 0.3 is 0 Å². The van der Waals surface area contributed by atoms with E-state index in [2.05, 4.69) is 10.4 Å². The van der Waals surface area contributed by atoms with E-state index in [0.717, 1.165) is 21.5 Å². The van der Waals surface area contributed by atoms with Gasteiger partial charge in [-0.1, -0.05) is 29.8 Å². The molecule has 2 aromatic carbocycles. The van der Waals surface area contributed by atoms with Gasteiger partial charge in [-0.2, -0.15) is 5.10 Å². The van der Waals surface area contributed by atoms with Crippen LogP contribution in [0.25, 0.3) is 10.2 Å². The number of rotatable bonds is 4. The number of carbonyl (C=O) groups is 1. The number of aryl methyl sites for hydroxylation is 1. The molecule has 1 N–H and O–H groups in total. The Morgan fingerprint density at radius 2 is 2.00 bits per heavy atom. The Balaban J connectivity index is 1.62. The molecule has 0 aliphatic carbocycles. The van der Waals surface area contributed by atoms with E-state index < -0.39 is 0 Å². The molecule has 0 aliphatic heterocycles. The lowest BCUT2D eigenvalue weighted by atomic mass is 10.2. The van der Waals surface area contributed by atoms with Gasteiger partial charge in [-0.25, -0.2) is 4.39 Å². The van der Waals surface area contributed by atoms with Crippen molar-refractivity contribution in [3.05, 3.63) is 81.6 Å². The second-order valence-electron chi connectivity index (χ2n) is 6.16. The molecular weight excluding hydrogens is 385 g/mol. The lowest BCUT2D eigenvalue weighted by Crippen LogP contribution is -2.10. The van der Waals surface area contributed by atoms with Crippen LogP contribution in [0.1, 0.15) is 20.9 Å². The van der Waals surface area contributed by atoms with Crippen molar-refractivity contribution in [2.75, 3.05) is 5.32 Å². The first-order chi connectivity index (χ1) is 13.0. The van der Waals surface area contributed by atoms with Gasteiger partial charge in [0.15, 0.2) is 0 Å². The summed E-state index contributed by atoms with van der Waals surface area (Å²) in [4.78, 5) is 14.1. The molecule has 0 spiro atoms. The fourth-order valence-electron chi connectivity index (χ4n) is 2.85. The Bertz CT molecular complexity index is 1130. The Labute approximate surface area is 164 Å². The lowest BCUT2D eigenvalue weighted by molar-refractivity contribution is 0.103. The van der Waals surface area contributed by atoms with Crippen LogP contribution in [-0.2, 0) is 6.54 Å². The molecule has 0 atom stereocenters. The fraction of sp³-hybridized carbons (Fsp3) is 0.100. The summed E-state index contributed by atoms with van der Waals surface area (Å²) in [5, 5.41) is 8.92. The van der Waals surface area contributed by atoms with Crippen molar-refractivity contribution in [2.45, 2.75) is 13.5 Å². The molecule has 2 heterocycles. The summed E-state index contributed by atoms with van der Waals surface area (Å²) >= 11 is 7.35. The van der Waals surface area contributed by atoms with Gasteiger partial charge in [-0.3, -0.25) is 9.48 Å². The fourth-order valence-corrected chi connectivity index (χ4v) is 4.10. The summed E-state index contributed by atoms with van der Waals surface area (Å²) in [6, 6.07) is 15.2. The van der Waals surface area contributed by atoms with Crippen LogP contribution in [0.5, 0.6) is 0 Å². The van der Waals surface area contributed by atoms with Gasteiger partial charge < -0.3 is 5.32 Å². The molecule has 2 aromatic heterocycles. The molecule has 0 bridgehead atoms. The largest absolute Gasteiger partial charge is 0.321 e. The minimum Gasteiger partial charge on any atom is -0.321 e. The number of aromatic nitrogens is 2. The average molecular weight is 400 g/mol. The molecule has 27 heavy (non-hydrogen) atoms. The van der Waals surface area contributed by atoms with Crippen LogP contribution >= 0.6 is 22.9 Å². The quantitative estimate of drug-likeness (QED) is 0.492. The molecule has 4 aromatic rings. The highest BCUT2D eigenvalue weighted by Crippen LogP contribution is 2.29. The minimum absolute atomic E-state index is 0.189. The molecule has 4 rings (SSSR count). The van der Waals surface area contributed by atoms with E-state index in [1.165, 1.54) is 23.5 Å². The second kappa shape index (κ2) is 7.13. The predicted octanol–water partition coefficient (Wildman–Crippen LogP) is 5.50. The first-order valence-corrected chi connectivity index (χ1v) is 9.47. The monoisotopic (exact) mass is 399 g/mol. The number of amides is 1. The predicted molar refractivity (Wildman–Crippen MR) is 107 cm³/mol. The minimum atomic E-state index is -0.267. The lowest BCUT2D eigenvalue weighted by Gasteiger charge is -2.04. The van der Waals surface area contributed by atoms with Gasteiger partial charge in [0, 0.05) is 16.1 Å². The van der Waals surface area contributed by atoms with Crippen LogP contribution in [-0.4, -0.2) is 15.7 Å². The third-order valence-corrected chi connectivity index (χ3v) is 5.54. The summed E-state index contributed by atoms with van der Waals surface area (Å²) in [6.45, 7) is 2.43. The van der Waals surface area contributed by atoms with Crippen LogP contribution in [0.15, 0.2) is 54.6 Å². The molecule has 1 amide bonds. The third kappa shape index (κ3) is 3.72. The maximum atomic E-state index is 13.1. The van der Waals surface area contributed by atoms with Crippen molar-refractivity contribution in [2.24, 2.45) is 0 Å². The van der Waals surface area contributed by atoms with Crippen LogP contribution in [0.4, 0.5) is 10.1 Å². The standard InChI is InChI=1S/C20H15ClFN3OS/c1-12-17-10-18(19(26)23-16-4-2-3-14(21)9-16)27-20(17)25(24-12)11-13-5-7-15(22)8-6-13/h2-10H,11H2,1H3,(H,23,26). The van der Waals surface area contributed by atoms with Crippen LogP contribution in [0.2, 0.25) is 5.02 Å². The molecular formula is C20H15ClFN3OS. The Morgan fingerprint density at radius 1 is 1.22 bits per heavy atom. The normalized spacial score (nSPS) is 11.1. The third-order valence-electron chi connectivity index (χ3n) is 4.16. The number of benzene rings is 2. The van der Waals surface area contributed by atoms with Gasteiger partial charge in [-0.15, -0.1) is 11.3 Å². The summed E-state index contributed by atoms with van der Waals surface area (Å²) in [6.07, 6.45) is 0. The smallest absolute Gasteiger partial charge is 0.265 e. The number of nitrogens with one attached hydrogen (secondary N) is 1. The van der Waals surface area contributed by atoms with Crippen molar-refractivity contribution in [1.29, 1.82) is 0 Å². The molecule has 0 unspecified atom stereocenters. The van der Waals surface area contributed by atoms with E-state index in [4.69, 9.17) is 11.6 Å². The van der Waals surface area contributed by atoms with Crippen molar-refractivity contribution < 1.29 is 9.18 Å². The highest BCUT2D eigenvalue weighted by atomic mass is 35.5. The molecule has 7 heteroatoms. The van der Waals surface area contributed by atoms with Crippen molar-refractivity contribution in [3.8, 4) is 0 Å². The Kier molecular flexibility index (Phi) is 4.68. The first kappa shape index (κ1) is 17.7. The molecule has 136 valence electrons. The zero-order valence-electron chi connectivity index (χ0n) is 14.4. The van der Waals surface area contributed by atoms with E-state index in [0.29, 0.717) is 22.1 Å². The maximum absolute atomic E-state index is 13.1. The van der Waals surface area contributed by atoms with Gasteiger partial charge in [0.25, 0.3) is 5.91 Å². The van der Waals surface area contributed by atoms with Gasteiger partial charge in [0.1, 0.15) is 10.6 Å². The number of carbonyl (C=O) groups excluding carboxylic acids is 1.